The van der Waals surface area contributed by atoms with Crippen LogP contribution in [0, 0.1) is 12.7 Å². The van der Waals surface area contributed by atoms with Crippen molar-refractivity contribution in [2.75, 3.05) is 5.73 Å². The first kappa shape index (κ1) is 15.0. The zero-order chi connectivity index (χ0) is 16.6. The van der Waals surface area contributed by atoms with E-state index in [2.05, 4.69) is 0 Å². The van der Waals surface area contributed by atoms with Crippen molar-refractivity contribution < 1.29 is 9.18 Å². The number of nitrogen functional groups attached to an aromatic ring is 1. The van der Waals surface area contributed by atoms with Crippen molar-refractivity contribution in [3.63, 3.8) is 0 Å². The molecule has 0 aliphatic carbocycles. The third-order valence-corrected chi connectivity index (χ3v) is 3.70. The summed E-state index contributed by atoms with van der Waals surface area (Å²) in [5, 5.41) is 0.754. The number of fused-ring (bicyclic) bond motifs is 1. The highest BCUT2D eigenvalue weighted by molar-refractivity contribution is 5.93. The molecule has 0 unspecified atom stereocenters. The summed E-state index contributed by atoms with van der Waals surface area (Å²) in [6, 6.07) is 12.6. The Hall–Kier alpha value is -2.95. The Morgan fingerprint density at radius 2 is 1.96 bits per heavy atom. The normalized spacial score (nSPS) is 10.9. The molecule has 0 aliphatic rings. The van der Waals surface area contributed by atoms with Gasteiger partial charge >= 0.3 is 0 Å². The molecular formula is C18H15FN2O2. The molecule has 1 aromatic heterocycles. The van der Waals surface area contributed by atoms with Gasteiger partial charge in [0.05, 0.1) is 11.9 Å². The molecule has 1 heterocycles. The number of nitrogens with two attached hydrogens (primary N) is 1. The van der Waals surface area contributed by atoms with Crippen molar-refractivity contribution >= 4 is 22.5 Å². The van der Waals surface area contributed by atoms with Crippen LogP contribution in [0.15, 0.2) is 53.3 Å². The van der Waals surface area contributed by atoms with Crippen LogP contribution in [0.5, 0.6) is 0 Å². The molecule has 0 atom stereocenters. The van der Waals surface area contributed by atoms with Crippen LogP contribution < -0.4 is 11.3 Å². The molecule has 0 saturated heterocycles. The van der Waals surface area contributed by atoms with Crippen molar-refractivity contribution in [1.29, 1.82) is 0 Å². The molecule has 5 heteroatoms. The van der Waals surface area contributed by atoms with E-state index in [1.54, 1.807) is 37.3 Å². The second-order valence-corrected chi connectivity index (χ2v) is 5.49. The summed E-state index contributed by atoms with van der Waals surface area (Å²) in [5.41, 5.74) is 7.30. The summed E-state index contributed by atoms with van der Waals surface area (Å²) in [5.74, 6) is -0.833. The number of anilines is 1. The maximum atomic E-state index is 13.3. The quantitative estimate of drug-likeness (QED) is 0.740. The molecule has 3 aromatic rings. The lowest BCUT2D eigenvalue weighted by Gasteiger charge is -2.11. The number of nitrogens with zero attached hydrogens (tertiary/aromatic N) is 1. The number of halogens is 1. The molecule has 0 radical (unpaired) electrons. The fraction of sp³-hybridized carbons (Fsp3) is 0.111. The van der Waals surface area contributed by atoms with E-state index in [1.165, 1.54) is 18.2 Å². The summed E-state index contributed by atoms with van der Waals surface area (Å²) in [7, 11) is 0. The van der Waals surface area contributed by atoms with Crippen molar-refractivity contribution in [1.82, 2.24) is 4.57 Å². The van der Waals surface area contributed by atoms with Gasteiger partial charge in [-0.05, 0) is 48.2 Å². The fourth-order valence-electron chi connectivity index (χ4n) is 2.61. The molecule has 0 aliphatic heterocycles. The number of hydrogen-bond acceptors (Lipinski definition) is 3. The topological polar surface area (TPSA) is 65.1 Å². The van der Waals surface area contributed by atoms with Gasteiger partial charge in [0.2, 0.25) is 5.91 Å². The fourth-order valence-corrected chi connectivity index (χ4v) is 2.61. The van der Waals surface area contributed by atoms with Gasteiger partial charge in [-0.3, -0.25) is 9.59 Å². The Labute approximate surface area is 132 Å². The number of rotatable bonds is 2. The van der Waals surface area contributed by atoms with E-state index >= 15 is 0 Å². The van der Waals surface area contributed by atoms with Gasteiger partial charge in [-0.1, -0.05) is 18.2 Å². The molecule has 0 fully saturated rings. The van der Waals surface area contributed by atoms with Crippen molar-refractivity contribution in [2.45, 2.75) is 13.3 Å². The van der Waals surface area contributed by atoms with E-state index < -0.39 is 11.7 Å². The molecule has 4 nitrogen and oxygen atoms in total. The lowest BCUT2D eigenvalue weighted by atomic mass is 10.1. The van der Waals surface area contributed by atoms with Gasteiger partial charge in [-0.15, -0.1) is 0 Å². The zero-order valence-corrected chi connectivity index (χ0v) is 12.5. The molecule has 116 valence electrons. The third kappa shape index (κ3) is 2.85. The van der Waals surface area contributed by atoms with Gasteiger partial charge in [-0.2, -0.15) is 0 Å². The lowest BCUT2D eigenvalue weighted by molar-refractivity contribution is 0.0915. The number of aromatic nitrogens is 1. The van der Waals surface area contributed by atoms with Crippen LogP contribution in [-0.4, -0.2) is 10.5 Å². The first-order valence-corrected chi connectivity index (χ1v) is 7.15. The van der Waals surface area contributed by atoms with Crippen LogP contribution >= 0.6 is 0 Å². The van der Waals surface area contributed by atoms with E-state index in [0.717, 1.165) is 9.95 Å². The second-order valence-electron chi connectivity index (χ2n) is 5.49. The molecule has 3 rings (SSSR count). The standard InChI is InChI=1S/C18H15FN2O2/c1-11-7-13-5-6-15(20)10-16(13)21(18(11)23)17(22)9-12-3-2-4-14(19)8-12/h2-8,10H,9,20H2,1H3. The van der Waals surface area contributed by atoms with Crippen LogP contribution in [-0.2, 0) is 6.42 Å². The minimum atomic E-state index is -0.417. The molecule has 0 spiro atoms. The van der Waals surface area contributed by atoms with Gasteiger partial charge in [0.25, 0.3) is 5.56 Å². The summed E-state index contributed by atoms with van der Waals surface area (Å²) in [4.78, 5) is 25.0. The molecule has 0 saturated carbocycles. The molecule has 23 heavy (non-hydrogen) atoms. The highest BCUT2D eigenvalue weighted by Gasteiger charge is 2.14. The third-order valence-electron chi connectivity index (χ3n) is 3.70. The number of hydrogen-bond donors (Lipinski definition) is 1. The van der Waals surface area contributed by atoms with Gasteiger partial charge in [-0.25, -0.2) is 8.96 Å². The largest absolute Gasteiger partial charge is 0.399 e. The average Bonchev–Trinajstić information content (AvgIpc) is 2.49. The maximum Gasteiger partial charge on any atom is 0.260 e. The number of carbonyl (C=O) groups excluding carboxylic acids is 1. The van der Waals surface area contributed by atoms with Gasteiger partial charge in [0.15, 0.2) is 0 Å². The van der Waals surface area contributed by atoms with Crippen LogP contribution in [0.3, 0.4) is 0 Å². The smallest absolute Gasteiger partial charge is 0.260 e. The Balaban J connectivity index is 2.14. The number of benzene rings is 2. The first-order chi connectivity index (χ1) is 11.0. The maximum absolute atomic E-state index is 13.3. The first-order valence-electron chi connectivity index (χ1n) is 7.15. The Kier molecular flexibility index (Phi) is 3.70. The summed E-state index contributed by atoms with van der Waals surface area (Å²) >= 11 is 0. The lowest BCUT2D eigenvalue weighted by Crippen LogP contribution is -2.29. The van der Waals surface area contributed by atoms with Gasteiger partial charge in [0.1, 0.15) is 5.82 Å². The Morgan fingerprint density at radius 1 is 1.17 bits per heavy atom. The predicted molar refractivity (Wildman–Crippen MR) is 88.1 cm³/mol. The minimum absolute atomic E-state index is 0.0645. The molecule has 0 bridgehead atoms. The predicted octanol–water partition coefficient (Wildman–Crippen LogP) is 2.91. The van der Waals surface area contributed by atoms with Crippen LogP contribution in [0.2, 0.25) is 0 Å². The molecule has 2 aromatic carbocycles. The van der Waals surface area contributed by atoms with E-state index in [9.17, 15) is 14.0 Å². The SMILES string of the molecule is Cc1cc2ccc(N)cc2n(C(=O)Cc2cccc(F)c2)c1=O. The molecule has 2 N–H and O–H groups in total. The Bertz CT molecular complexity index is 976. The van der Waals surface area contributed by atoms with E-state index in [1.807, 2.05) is 0 Å². The van der Waals surface area contributed by atoms with Gasteiger partial charge in [0, 0.05) is 11.3 Å². The minimum Gasteiger partial charge on any atom is -0.399 e. The highest BCUT2D eigenvalue weighted by Crippen LogP contribution is 2.18. The Morgan fingerprint density at radius 3 is 2.70 bits per heavy atom. The average molecular weight is 310 g/mol. The van der Waals surface area contributed by atoms with Gasteiger partial charge < -0.3 is 5.73 Å². The summed E-state index contributed by atoms with van der Waals surface area (Å²) in [6.07, 6.45) is -0.0645. The highest BCUT2D eigenvalue weighted by atomic mass is 19.1. The van der Waals surface area contributed by atoms with E-state index in [4.69, 9.17) is 5.73 Å². The van der Waals surface area contributed by atoms with E-state index in [-0.39, 0.29) is 12.0 Å². The van der Waals surface area contributed by atoms with Crippen molar-refractivity contribution in [3.8, 4) is 0 Å². The van der Waals surface area contributed by atoms with Crippen molar-refractivity contribution in [3.05, 3.63) is 75.8 Å². The number of pyridine rings is 1. The monoisotopic (exact) mass is 310 g/mol. The number of carbonyl (C=O) groups is 1. The van der Waals surface area contributed by atoms with Crippen molar-refractivity contribution in [2.24, 2.45) is 0 Å². The van der Waals surface area contributed by atoms with Crippen LogP contribution in [0.25, 0.3) is 10.9 Å². The van der Waals surface area contributed by atoms with E-state index in [0.29, 0.717) is 22.3 Å². The van der Waals surface area contributed by atoms with Crippen LogP contribution in [0.1, 0.15) is 15.9 Å². The molecule has 0 amide bonds. The summed E-state index contributed by atoms with van der Waals surface area (Å²) in [6.45, 7) is 1.66. The molecular weight excluding hydrogens is 295 g/mol. The van der Waals surface area contributed by atoms with Crippen LogP contribution in [0.4, 0.5) is 10.1 Å². The number of aryl methyl sites for hydroxylation is 1. The summed E-state index contributed by atoms with van der Waals surface area (Å²) < 4.78 is 14.4. The second kappa shape index (κ2) is 5.68. The zero-order valence-electron chi connectivity index (χ0n) is 12.5.